The standard InChI is InChI=1S/C31H33N3O3/c1-34(2)27-10-8-25(9-11-27)24-6-3-21(4-7-24)17-31-14-13-22(18-31)16-28(31)30(37)33-26-15-23(19-32-20-26)5-12-29(35)36/h3-12,15,19-20,22,28H,13-14,16-18H2,1-2H3,(H,33,37)(H,35,36)/b12-5+/t22-,28+,31-/m1/s1. The number of carboxylic acid groups (broad SMARTS) is 1. The Kier molecular flexibility index (Phi) is 6.83. The van der Waals surface area contributed by atoms with Gasteiger partial charge in [-0.1, -0.05) is 36.4 Å². The van der Waals surface area contributed by atoms with Crippen LogP contribution in [0.2, 0.25) is 0 Å². The van der Waals surface area contributed by atoms with E-state index in [0.29, 0.717) is 17.2 Å². The Bertz CT molecular complexity index is 1310. The Morgan fingerprint density at radius 3 is 2.43 bits per heavy atom. The molecule has 2 fully saturated rings. The minimum atomic E-state index is -1.02. The number of hydrogen-bond donors (Lipinski definition) is 2. The lowest BCUT2D eigenvalue weighted by Crippen LogP contribution is -2.37. The predicted molar refractivity (Wildman–Crippen MR) is 147 cm³/mol. The van der Waals surface area contributed by atoms with Crippen molar-refractivity contribution in [1.82, 2.24) is 4.98 Å². The molecule has 0 radical (unpaired) electrons. The zero-order valence-corrected chi connectivity index (χ0v) is 21.4. The van der Waals surface area contributed by atoms with E-state index in [1.165, 1.54) is 34.9 Å². The second-order valence-corrected chi connectivity index (χ2v) is 10.7. The van der Waals surface area contributed by atoms with Gasteiger partial charge < -0.3 is 15.3 Å². The van der Waals surface area contributed by atoms with Crippen molar-refractivity contribution in [3.05, 3.63) is 84.2 Å². The minimum Gasteiger partial charge on any atom is -0.478 e. The average Bonchev–Trinajstić information content (AvgIpc) is 3.46. The van der Waals surface area contributed by atoms with Crippen LogP contribution in [0.15, 0.2) is 73.1 Å². The number of nitrogens with zero attached hydrogens (tertiary/aromatic N) is 2. The van der Waals surface area contributed by atoms with Gasteiger partial charge in [-0.3, -0.25) is 9.78 Å². The summed E-state index contributed by atoms with van der Waals surface area (Å²) in [4.78, 5) is 30.5. The molecule has 2 N–H and O–H groups in total. The van der Waals surface area contributed by atoms with Gasteiger partial charge in [0.2, 0.25) is 5.91 Å². The molecule has 1 aromatic heterocycles. The molecule has 0 saturated heterocycles. The monoisotopic (exact) mass is 495 g/mol. The number of carbonyl (C=O) groups is 2. The molecule has 2 aromatic carbocycles. The van der Waals surface area contributed by atoms with Gasteiger partial charge >= 0.3 is 5.97 Å². The predicted octanol–water partition coefficient (Wildman–Crippen LogP) is 5.90. The first-order chi connectivity index (χ1) is 17.8. The highest BCUT2D eigenvalue weighted by Gasteiger charge is 2.54. The van der Waals surface area contributed by atoms with Crippen LogP contribution in [0, 0.1) is 17.3 Å². The molecule has 2 saturated carbocycles. The maximum atomic E-state index is 13.4. The minimum absolute atomic E-state index is 0.0160. The Hall–Kier alpha value is -3.93. The van der Waals surface area contributed by atoms with E-state index in [1.807, 2.05) is 14.1 Å². The number of pyridine rings is 1. The molecule has 2 bridgehead atoms. The fourth-order valence-electron chi connectivity index (χ4n) is 6.23. The summed E-state index contributed by atoms with van der Waals surface area (Å²) in [5.41, 5.74) is 6.07. The summed E-state index contributed by atoms with van der Waals surface area (Å²) < 4.78 is 0. The molecule has 1 amide bonds. The van der Waals surface area contributed by atoms with E-state index in [4.69, 9.17) is 5.11 Å². The van der Waals surface area contributed by atoms with Crippen molar-refractivity contribution in [2.75, 3.05) is 24.3 Å². The Labute approximate surface area is 218 Å². The number of carbonyl (C=O) groups excluding carboxylic acids is 1. The van der Waals surface area contributed by atoms with Gasteiger partial charge in [0.15, 0.2) is 0 Å². The van der Waals surface area contributed by atoms with Crippen molar-refractivity contribution in [3.8, 4) is 11.1 Å². The third-order valence-electron chi connectivity index (χ3n) is 8.04. The fourth-order valence-corrected chi connectivity index (χ4v) is 6.23. The van der Waals surface area contributed by atoms with E-state index in [-0.39, 0.29) is 17.2 Å². The molecule has 2 aliphatic rings. The van der Waals surface area contributed by atoms with Gasteiger partial charge in [-0.2, -0.15) is 0 Å². The maximum absolute atomic E-state index is 13.4. The van der Waals surface area contributed by atoms with Crippen LogP contribution >= 0.6 is 0 Å². The first-order valence-corrected chi connectivity index (χ1v) is 12.8. The molecular weight excluding hydrogens is 462 g/mol. The van der Waals surface area contributed by atoms with Crippen molar-refractivity contribution in [3.63, 3.8) is 0 Å². The van der Waals surface area contributed by atoms with Gasteiger partial charge in [0.25, 0.3) is 0 Å². The molecule has 5 rings (SSSR count). The molecule has 6 heteroatoms. The number of benzene rings is 2. The SMILES string of the molecule is CN(C)c1ccc(-c2ccc(C[C@@]34CC[C@H](C[C@H]3C(=O)Nc3cncc(/C=C/C(=O)O)c3)C4)cc2)cc1. The van der Waals surface area contributed by atoms with Gasteiger partial charge in [-0.15, -0.1) is 0 Å². The molecule has 6 nitrogen and oxygen atoms in total. The lowest BCUT2D eigenvalue weighted by Gasteiger charge is -2.34. The second-order valence-electron chi connectivity index (χ2n) is 10.7. The number of nitrogens with one attached hydrogen (secondary N) is 1. The topological polar surface area (TPSA) is 82.5 Å². The molecule has 37 heavy (non-hydrogen) atoms. The first-order valence-electron chi connectivity index (χ1n) is 12.8. The number of rotatable bonds is 8. The summed E-state index contributed by atoms with van der Waals surface area (Å²) >= 11 is 0. The normalized spacial score (nSPS) is 22.3. The maximum Gasteiger partial charge on any atom is 0.328 e. The lowest BCUT2D eigenvalue weighted by atomic mass is 9.70. The molecule has 3 atom stereocenters. The second kappa shape index (κ2) is 10.2. The number of aromatic nitrogens is 1. The van der Waals surface area contributed by atoms with E-state index >= 15 is 0 Å². The Morgan fingerprint density at radius 1 is 1.08 bits per heavy atom. The van der Waals surface area contributed by atoms with E-state index in [0.717, 1.165) is 31.8 Å². The van der Waals surface area contributed by atoms with E-state index in [9.17, 15) is 9.59 Å². The average molecular weight is 496 g/mol. The highest BCUT2D eigenvalue weighted by molar-refractivity contribution is 5.94. The van der Waals surface area contributed by atoms with Crippen molar-refractivity contribution in [2.45, 2.75) is 32.1 Å². The number of hydrogen-bond acceptors (Lipinski definition) is 4. The van der Waals surface area contributed by atoms with E-state index in [2.05, 4.69) is 63.7 Å². The molecular formula is C31H33N3O3. The first kappa shape index (κ1) is 24.8. The summed E-state index contributed by atoms with van der Waals surface area (Å²) in [6.45, 7) is 0. The van der Waals surface area contributed by atoms with Crippen LogP contribution in [0.1, 0.15) is 36.8 Å². The third-order valence-corrected chi connectivity index (χ3v) is 8.04. The van der Waals surface area contributed by atoms with Crippen LogP contribution in [0.25, 0.3) is 17.2 Å². The lowest BCUT2D eigenvalue weighted by molar-refractivity contribution is -0.131. The molecule has 3 aromatic rings. The summed E-state index contributed by atoms with van der Waals surface area (Å²) in [6.07, 6.45) is 10.9. The van der Waals surface area contributed by atoms with Gasteiger partial charge in [-0.05, 0) is 90.0 Å². The van der Waals surface area contributed by atoms with Crippen LogP contribution in [0.3, 0.4) is 0 Å². The zero-order valence-electron chi connectivity index (χ0n) is 21.4. The molecule has 2 aliphatic carbocycles. The molecule has 1 heterocycles. The quantitative estimate of drug-likeness (QED) is 0.380. The number of fused-ring (bicyclic) bond motifs is 2. The summed E-state index contributed by atoms with van der Waals surface area (Å²) in [7, 11) is 4.09. The van der Waals surface area contributed by atoms with Gasteiger partial charge in [0, 0.05) is 38.0 Å². The van der Waals surface area contributed by atoms with Crippen LogP contribution in [0.4, 0.5) is 11.4 Å². The van der Waals surface area contributed by atoms with Crippen molar-refractivity contribution in [2.24, 2.45) is 17.3 Å². The van der Waals surface area contributed by atoms with Crippen molar-refractivity contribution in [1.29, 1.82) is 0 Å². The van der Waals surface area contributed by atoms with Gasteiger partial charge in [0.1, 0.15) is 0 Å². The van der Waals surface area contributed by atoms with Crippen LogP contribution in [-0.4, -0.2) is 36.1 Å². The number of anilines is 2. The number of carboxylic acids is 1. The molecule has 0 spiro atoms. The smallest absolute Gasteiger partial charge is 0.328 e. The van der Waals surface area contributed by atoms with Crippen LogP contribution < -0.4 is 10.2 Å². The van der Waals surface area contributed by atoms with Crippen molar-refractivity contribution >= 4 is 29.3 Å². The van der Waals surface area contributed by atoms with Crippen molar-refractivity contribution < 1.29 is 14.7 Å². The Balaban J connectivity index is 1.29. The van der Waals surface area contributed by atoms with Gasteiger partial charge in [-0.25, -0.2) is 4.79 Å². The zero-order chi connectivity index (χ0) is 26.0. The number of amides is 1. The van der Waals surface area contributed by atoms with Crippen LogP contribution in [-0.2, 0) is 16.0 Å². The number of aliphatic carboxylic acids is 1. The fraction of sp³-hybridized carbons (Fsp3) is 0.323. The molecule has 0 unspecified atom stereocenters. The Morgan fingerprint density at radius 2 is 1.78 bits per heavy atom. The highest BCUT2D eigenvalue weighted by Crippen LogP contribution is 2.59. The molecule has 0 aliphatic heterocycles. The highest BCUT2D eigenvalue weighted by atomic mass is 16.4. The molecule has 190 valence electrons. The van der Waals surface area contributed by atoms with Gasteiger partial charge in [0.05, 0.1) is 11.9 Å². The summed E-state index contributed by atoms with van der Waals surface area (Å²) in [6, 6.07) is 19.1. The van der Waals surface area contributed by atoms with E-state index in [1.54, 1.807) is 18.5 Å². The van der Waals surface area contributed by atoms with E-state index < -0.39 is 5.97 Å². The summed E-state index contributed by atoms with van der Waals surface area (Å²) in [5.74, 6) is -0.412. The van der Waals surface area contributed by atoms with Crippen LogP contribution in [0.5, 0.6) is 0 Å². The largest absolute Gasteiger partial charge is 0.478 e. The summed E-state index contributed by atoms with van der Waals surface area (Å²) in [5, 5.41) is 11.9. The third kappa shape index (κ3) is 5.43.